The number of para-hydroxylation sites is 1. The van der Waals surface area contributed by atoms with Crippen LogP contribution in [0.2, 0.25) is 0 Å². The minimum absolute atomic E-state index is 0.256. The van der Waals surface area contributed by atoms with Crippen LogP contribution in [0.25, 0.3) is 15.9 Å². The van der Waals surface area contributed by atoms with Gasteiger partial charge in [0.05, 0.1) is 22.0 Å². The normalized spacial score (nSPS) is 11.3. The quantitative estimate of drug-likeness (QED) is 0.593. The van der Waals surface area contributed by atoms with Gasteiger partial charge in [-0.25, -0.2) is 4.68 Å². The molecule has 4 rings (SSSR count). The smallest absolute Gasteiger partial charge is 0.295 e. The number of rotatable bonds is 3. The third-order valence-electron chi connectivity index (χ3n) is 4.71. The number of amides is 1. The highest BCUT2D eigenvalue weighted by Crippen LogP contribution is 2.28. The van der Waals surface area contributed by atoms with Crippen molar-refractivity contribution in [1.29, 1.82) is 0 Å². The third kappa shape index (κ3) is 2.69. The number of aromatic nitrogens is 4. The van der Waals surface area contributed by atoms with Crippen molar-refractivity contribution in [2.24, 2.45) is 14.1 Å². The van der Waals surface area contributed by atoms with Crippen molar-refractivity contribution in [2.45, 2.75) is 13.8 Å². The average Bonchev–Trinajstić information content (AvgIpc) is 3.27. The minimum Gasteiger partial charge on any atom is -0.315 e. The number of benzene rings is 1. The maximum atomic E-state index is 12.9. The number of thiophene rings is 1. The molecule has 1 amide bonds. The molecule has 0 saturated heterocycles. The fourth-order valence-corrected chi connectivity index (χ4v) is 4.22. The SMILES string of the molecule is Cc1nn(C)c2sc(C(=O)Nc3c(C)n(C)n(-c4ccccc4)c3=O)cc12. The molecule has 0 aliphatic rings. The van der Waals surface area contributed by atoms with Crippen molar-refractivity contribution in [3.05, 3.63) is 63.0 Å². The predicted octanol–water partition coefficient (Wildman–Crippen LogP) is 2.99. The lowest BCUT2D eigenvalue weighted by atomic mass is 10.3. The van der Waals surface area contributed by atoms with Crippen molar-refractivity contribution in [2.75, 3.05) is 5.32 Å². The van der Waals surface area contributed by atoms with Gasteiger partial charge in [-0.05, 0) is 32.0 Å². The zero-order chi connectivity index (χ0) is 19.3. The Bertz CT molecular complexity index is 1190. The number of hydrogen-bond donors (Lipinski definition) is 1. The van der Waals surface area contributed by atoms with Crippen molar-refractivity contribution < 1.29 is 4.79 Å². The maximum absolute atomic E-state index is 12.9. The van der Waals surface area contributed by atoms with Gasteiger partial charge in [0.1, 0.15) is 10.5 Å². The van der Waals surface area contributed by atoms with E-state index < -0.39 is 0 Å². The van der Waals surface area contributed by atoms with E-state index in [1.807, 2.05) is 57.3 Å². The van der Waals surface area contributed by atoms with E-state index in [1.54, 1.807) is 21.1 Å². The molecule has 0 radical (unpaired) electrons. The Balaban J connectivity index is 1.73. The largest absolute Gasteiger partial charge is 0.315 e. The molecule has 0 spiro atoms. The monoisotopic (exact) mass is 381 g/mol. The van der Waals surface area contributed by atoms with Gasteiger partial charge in [0, 0.05) is 19.5 Å². The summed E-state index contributed by atoms with van der Waals surface area (Å²) in [5.74, 6) is -0.290. The van der Waals surface area contributed by atoms with E-state index >= 15 is 0 Å². The molecule has 138 valence electrons. The Morgan fingerprint density at radius 1 is 1.15 bits per heavy atom. The third-order valence-corrected chi connectivity index (χ3v) is 5.91. The van der Waals surface area contributed by atoms with Gasteiger partial charge < -0.3 is 5.32 Å². The summed E-state index contributed by atoms with van der Waals surface area (Å²) in [6.45, 7) is 3.73. The second-order valence-electron chi connectivity index (χ2n) is 6.43. The van der Waals surface area contributed by atoms with Crippen LogP contribution in [0.15, 0.2) is 41.2 Å². The summed E-state index contributed by atoms with van der Waals surface area (Å²) < 4.78 is 5.05. The van der Waals surface area contributed by atoms with Gasteiger partial charge in [0.2, 0.25) is 0 Å². The van der Waals surface area contributed by atoms with Gasteiger partial charge in [0.25, 0.3) is 11.5 Å². The summed E-state index contributed by atoms with van der Waals surface area (Å²) >= 11 is 1.36. The van der Waals surface area contributed by atoms with Crippen molar-refractivity contribution >= 4 is 33.1 Å². The predicted molar refractivity (Wildman–Crippen MR) is 107 cm³/mol. The number of aryl methyl sites for hydroxylation is 2. The molecule has 0 unspecified atom stereocenters. The summed E-state index contributed by atoms with van der Waals surface area (Å²) in [4.78, 5) is 27.2. The minimum atomic E-state index is -0.290. The lowest BCUT2D eigenvalue weighted by Gasteiger charge is -2.07. The lowest BCUT2D eigenvalue weighted by molar-refractivity contribution is 0.103. The first-order chi connectivity index (χ1) is 12.9. The number of carbonyl (C=O) groups excluding carboxylic acids is 1. The number of fused-ring (bicyclic) bond motifs is 1. The van der Waals surface area contributed by atoms with Crippen LogP contribution in [0.3, 0.4) is 0 Å². The Labute approximate surface area is 159 Å². The van der Waals surface area contributed by atoms with Crippen LogP contribution in [0.1, 0.15) is 21.1 Å². The van der Waals surface area contributed by atoms with Crippen molar-refractivity contribution in [3.8, 4) is 5.69 Å². The van der Waals surface area contributed by atoms with E-state index in [-0.39, 0.29) is 11.5 Å². The van der Waals surface area contributed by atoms with Crippen LogP contribution < -0.4 is 10.9 Å². The van der Waals surface area contributed by atoms with E-state index in [0.29, 0.717) is 16.3 Å². The van der Waals surface area contributed by atoms with Crippen LogP contribution in [0, 0.1) is 13.8 Å². The van der Waals surface area contributed by atoms with Crippen LogP contribution in [0.4, 0.5) is 5.69 Å². The van der Waals surface area contributed by atoms with E-state index in [9.17, 15) is 9.59 Å². The fourth-order valence-electron chi connectivity index (χ4n) is 3.20. The van der Waals surface area contributed by atoms with Gasteiger partial charge in [-0.2, -0.15) is 5.10 Å². The number of anilines is 1. The molecule has 0 bridgehead atoms. The molecule has 3 aromatic heterocycles. The van der Waals surface area contributed by atoms with E-state index in [4.69, 9.17) is 0 Å². The van der Waals surface area contributed by atoms with Gasteiger partial charge in [-0.15, -0.1) is 11.3 Å². The summed E-state index contributed by atoms with van der Waals surface area (Å²) in [7, 11) is 3.65. The topological polar surface area (TPSA) is 73.8 Å². The van der Waals surface area contributed by atoms with E-state index in [2.05, 4.69) is 10.4 Å². The van der Waals surface area contributed by atoms with Crippen molar-refractivity contribution in [1.82, 2.24) is 19.1 Å². The van der Waals surface area contributed by atoms with Crippen LogP contribution >= 0.6 is 11.3 Å². The Kier molecular flexibility index (Phi) is 4.00. The number of carbonyl (C=O) groups is 1. The molecule has 0 aliphatic carbocycles. The lowest BCUT2D eigenvalue weighted by Crippen LogP contribution is -2.22. The molecule has 1 N–H and O–H groups in total. The highest BCUT2D eigenvalue weighted by atomic mass is 32.1. The van der Waals surface area contributed by atoms with Crippen molar-refractivity contribution in [3.63, 3.8) is 0 Å². The first kappa shape index (κ1) is 17.3. The second-order valence-corrected chi connectivity index (χ2v) is 7.46. The van der Waals surface area contributed by atoms with Crippen LogP contribution in [-0.2, 0) is 14.1 Å². The van der Waals surface area contributed by atoms with Crippen LogP contribution in [0.5, 0.6) is 0 Å². The average molecular weight is 381 g/mol. The molecule has 1 aromatic carbocycles. The van der Waals surface area contributed by atoms with Gasteiger partial charge in [-0.3, -0.25) is 19.0 Å². The molecule has 7 nitrogen and oxygen atoms in total. The Hall–Kier alpha value is -3.13. The fraction of sp³-hybridized carbons (Fsp3) is 0.211. The Morgan fingerprint density at radius 2 is 1.85 bits per heavy atom. The number of nitrogens with zero attached hydrogens (tertiary/aromatic N) is 4. The maximum Gasteiger partial charge on any atom is 0.295 e. The van der Waals surface area contributed by atoms with Gasteiger partial charge in [-0.1, -0.05) is 18.2 Å². The summed E-state index contributed by atoms with van der Waals surface area (Å²) in [5, 5.41) is 8.11. The molecule has 4 aromatic rings. The van der Waals surface area contributed by atoms with Crippen LogP contribution in [-0.4, -0.2) is 25.1 Å². The number of nitrogens with one attached hydrogen (secondary N) is 1. The number of hydrogen-bond acceptors (Lipinski definition) is 4. The molecule has 8 heteroatoms. The highest BCUT2D eigenvalue weighted by Gasteiger charge is 2.21. The molecule has 3 heterocycles. The molecule has 0 fully saturated rings. The summed E-state index contributed by atoms with van der Waals surface area (Å²) in [5.41, 5.74) is 2.35. The van der Waals surface area contributed by atoms with Gasteiger partial charge in [0.15, 0.2) is 0 Å². The molecule has 0 aliphatic heterocycles. The highest BCUT2D eigenvalue weighted by molar-refractivity contribution is 7.20. The first-order valence-electron chi connectivity index (χ1n) is 8.47. The summed E-state index contributed by atoms with van der Waals surface area (Å²) in [6, 6.07) is 11.2. The van der Waals surface area contributed by atoms with Gasteiger partial charge >= 0.3 is 0 Å². The zero-order valence-electron chi connectivity index (χ0n) is 15.5. The summed E-state index contributed by atoms with van der Waals surface area (Å²) in [6.07, 6.45) is 0. The zero-order valence-corrected chi connectivity index (χ0v) is 16.3. The molecule has 27 heavy (non-hydrogen) atoms. The van der Waals surface area contributed by atoms with E-state index in [0.717, 1.165) is 21.6 Å². The molecular weight excluding hydrogens is 362 g/mol. The molecule has 0 atom stereocenters. The van der Waals surface area contributed by atoms with E-state index in [1.165, 1.54) is 11.3 Å². The molecular formula is C19H19N5O2S. The standard InChI is InChI=1S/C19H19N5O2S/c1-11-14-10-15(27-19(14)22(3)21-11)17(25)20-16-12(2)23(4)24(18(16)26)13-8-6-5-7-9-13/h5-10H,1-4H3,(H,20,25). The Morgan fingerprint density at radius 3 is 2.52 bits per heavy atom. The second kappa shape index (κ2) is 6.24. The molecule has 0 saturated carbocycles. The first-order valence-corrected chi connectivity index (χ1v) is 9.28.